The van der Waals surface area contributed by atoms with Gasteiger partial charge in [0.05, 0.1) is 0 Å². The van der Waals surface area contributed by atoms with Gasteiger partial charge in [-0.2, -0.15) is 0 Å². The highest BCUT2D eigenvalue weighted by Crippen LogP contribution is 1.98. The van der Waals surface area contributed by atoms with Crippen molar-refractivity contribution in [1.82, 2.24) is 16.0 Å². The number of rotatable bonds is 12. The van der Waals surface area contributed by atoms with Crippen molar-refractivity contribution in [1.29, 1.82) is 0 Å². The lowest BCUT2D eigenvalue weighted by Crippen LogP contribution is -2.64. The summed E-state index contributed by atoms with van der Waals surface area (Å²) in [5.74, 6) is -0.0977. The van der Waals surface area contributed by atoms with Crippen LogP contribution in [0.2, 0.25) is 0 Å². The normalized spacial score (nSPS) is 12.0. The lowest BCUT2D eigenvalue weighted by molar-refractivity contribution is 0.219. The van der Waals surface area contributed by atoms with E-state index in [9.17, 15) is 0 Å². The molecule has 0 aromatic carbocycles. The van der Waals surface area contributed by atoms with E-state index in [4.69, 9.17) is 0 Å². The fourth-order valence-corrected chi connectivity index (χ4v) is 1.73. The molecule has 0 rings (SSSR count). The van der Waals surface area contributed by atoms with Crippen molar-refractivity contribution in [2.75, 3.05) is 19.6 Å². The van der Waals surface area contributed by atoms with E-state index in [1.165, 1.54) is 38.5 Å². The van der Waals surface area contributed by atoms with Gasteiger partial charge in [-0.1, -0.05) is 40.0 Å². The summed E-state index contributed by atoms with van der Waals surface area (Å²) in [4.78, 5) is 0. The molecule has 0 aliphatic carbocycles. The van der Waals surface area contributed by atoms with E-state index in [-0.39, 0.29) is 5.79 Å². The van der Waals surface area contributed by atoms with Crippen LogP contribution < -0.4 is 16.0 Å². The van der Waals surface area contributed by atoms with Gasteiger partial charge >= 0.3 is 0 Å². The van der Waals surface area contributed by atoms with Crippen molar-refractivity contribution < 1.29 is 0 Å². The van der Waals surface area contributed by atoms with E-state index in [0.717, 1.165) is 19.6 Å². The van der Waals surface area contributed by atoms with Gasteiger partial charge in [0, 0.05) is 0 Å². The average molecular weight is 243 g/mol. The predicted octanol–water partition coefficient (Wildman–Crippen LogP) is 2.83. The minimum Gasteiger partial charge on any atom is -0.287 e. The van der Waals surface area contributed by atoms with E-state index in [0.29, 0.717) is 0 Å². The summed E-state index contributed by atoms with van der Waals surface area (Å²) in [5, 5.41) is 10.8. The second-order valence-corrected chi connectivity index (χ2v) is 4.97. The van der Waals surface area contributed by atoms with Gasteiger partial charge in [0.15, 0.2) is 0 Å². The molecule has 0 amide bonds. The zero-order valence-corrected chi connectivity index (χ0v) is 12.4. The van der Waals surface area contributed by atoms with Gasteiger partial charge in [-0.3, -0.25) is 16.0 Å². The Hall–Kier alpha value is -0.120. The first-order chi connectivity index (χ1) is 8.18. The van der Waals surface area contributed by atoms with Crippen LogP contribution in [-0.2, 0) is 0 Å². The van der Waals surface area contributed by atoms with Crippen LogP contribution in [0.5, 0.6) is 0 Å². The van der Waals surface area contributed by atoms with Gasteiger partial charge in [0.25, 0.3) is 0 Å². The highest BCUT2D eigenvalue weighted by Gasteiger charge is 2.20. The molecule has 0 radical (unpaired) electrons. The minimum absolute atomic E-state index is 0.0977. The number of hydrogen-bond donors (Lipinski definition) is 3. The summed E-state index contributed by atoms with van der Waals surface area (Å²) in [6, 6.07) is 0. The molecule has 0 aliphatic rings. The molecule has 3 heteroatoms. The van der Waals surface area contributed by atoms with E-state index >= 15 is 0 Å². The second kappa shape index (κ2) is 11.0. The highest BCUT2D eigenvalue weighted by atomic mass is 15.3. The van der Waals surface area contributed by atoms with Crippen LogP contribution in [0.15, 0.2) is 0 Å². The van der Waals surface area contributed by atoms with Crippen LogP contribution in [0.3, 0.4) is 0 Å². The number of unbranched alkanes of at least 4 members (excludes halogenated alkanes) is 3. The van der Waals surface area contributed by atoms with Gasteiger partial charge in [-0.25, -0.2) is 0 Å². The zero-order chi connectivity index (χ0) is 13.0. The molecular formula is C14H33N3. The van der Waals surface area contributed by atoms with Gasteiger partial charge in [0.2, 0.25) is 0 Å². The molecule has 0 spiro atoms. The Morgan fingerprint density at radius 1 is 0.647 bits per heavy atom. The first-order valence-corrected chi connectivity index (χ1v) is 7.43. The van der Waals surface area contributed by atoms with E-state index < -0.39 is 0 Å². The SMILES string of the molecule is CCCCNC(C)(NCCCC)NCCCC. The fourth-order valence-electron chi connectivity index (χ4n) is 1.73. The van der Waals surface area contributed by atoms with E-state index in [2.05, 4.69) is 43.6 Å². The summed E-state index contributed by atoms with van der Waals surface area (Å²) in [5.41, 5.74) is 0. The Bertz CT molecular complexity index is 133. The first-order valence-electron chi connectivity index (χ1n) is 7.43. The van der Waals surface area contributed by atoms with Crippen LogP contribution in [0, 0.1) is 0 Å². The fraction of sp³-hybridized carbons (Fsp3) is 1.00. The molecular weight excluding hydrogens is 210 g/mol. The summed E-state index contributed by atoms with van der Waals surface area (Å²) < 4.78 is 0. The topological polar surface area (TPSA) is 36.1 Å². The minimum atomic E-state index is -0.0977. The molecule has 0 saturated carbocycles. The highest BCUT2D eigenvalue weighted by molar-refractivity contribution is 4.77. The van der Waals surface area contributed by atoms with Crippen LogP contribution >= 0.6 is 0 Å². The van der Waals surface area contributed by atoms with Gasteiger partial charge in [-0.15, -0.1) is 0 Å². The maximum atomic E-state index is 3.59. The van der Waals surface area contributed by atoms with Crippen LogP contribution in [0.1, 0.15) is 66.2 Å². The molecule has 0 saturated heterocycles. The summed E-state index contributed by atoms with van der Waals surface area (Å²) >= 11 is 0. The Labute approximate surface area is 108 Å². The molecule has 3 nitrogen and oxygen atoms in total. The number of nitrogens with one attached hydrogen (secondary N) is 3. The van der Waals surface area contributed by atoms with Crippen molar-refractivity contribution in [3.05, 3.63) is 0 Å². The molecule has 0 atom stereocenters. The molecule has 0 aromatic heterocycles. The molecule has 0 aromatic rings. The zero-order valence-electron chi connectivity index (χ0n) is 12.4. The lowest BCUT2D eigenvalue weighted by Gasteiger charge is -2.33. The van der Waals surface area contributed by atoms with Crippen molar-refractivity contribution >= 4 is 0 Å². The van der Waals surface area contributed by atoms with Crippen molar-refractivity contribution in [2.24, 2.45) is 0 Å². The Balaban J connectivity index is 3.95. The monoisotopic (exact) mass is 243 g/mol. The second-order valence-electron chi connectivity index (χ2n) is 4.97. The van der Waals surface area contributed by atoms with Crippen LogP contribution in [-0.4, -0.2) is 25.4 Å². The number of hydrogen-bond acceptors (Lipinski definition) is 3. The first kappa shape index (κ1) is 16.9. The van der Waals surface area contributed by atoms with Gasteiger partial charge in [0.1, 0.15) is 5.79 Å². The molecule has 0 aliphatic heterocycles. The standard InChI is InChI=1S/C14H33N3/c1-5-8-11-15-14(4,16-12-9-6-2)17-13-10-7-3/h15-17H,5-13H2,1-4H3. The smallest absolute Gasteiger partial charge is 0.120 e. The lowest BCUT2D eigenvalue weighted by atomic mass is 10.2. The molecule has 17 heavy (non-hydrogen) atoms. The molecule has 0 unspecified atom stereocenters. The van der Waals surface area contributed by atoms with E-state index in [1.807, 2.05) is 0 Å². The third kappa shape index (κ3) is 9.57. The van der Waals surface area contributed by atoms with Crippen molar-refractivity contribution in [3.63, 3.8) is 0 Å². The summed E-state index contributed by atoms with van der Waals surface area (Å²) in [6.45, 7) is 12.1. The predicted molar refractivity (Wildman–Crippen MR) is 77.1 cm³/mol. The van der Waals surface area contributed by atoms with Crippen molar-refractivity contribution in [2.45, 2.75) is 72.0 Å². The van der Waals surface area contributed by atoms with Crippen LogP contribution in [0.25, 0.3) is 0 Å². The van der Waals surface area contributed by atoms with Crippen molar-refractivity contribution in [3.8, 4) is 0 Å². The Kier molecular flexibility index (Phi) is 10.9. The average Bonchev–Trinajstić information content (AvgIpc) is 2.30. The Morgan fingerprint density at radius 3 is 1.18 bits per heavy atom. The van der Waals surface area contributed by atoms with E-state index in [1.54, 1.807) is 0 Å². The third-order valence-electron chi connectivity index (χ3n) is 3.03. The quantitative estimate of drug-likeness (QED) is 0.364. The molecule has 3 N–H and O–H groups in total. The largest absolute Gasteiger partial charge is 0.287 e. The van der Waals surface area contributed by atoms with Gasteiger partial charge < -0.3 is 0 Å². The Morgan fingerprint density at radius 2 is 0.941 bits per heavy atom. The maximum Gasteiger partial charge on any atom is 0.120 e. The third-order valence-corrected chi connectivity index (χ3v) is 3.03. The van der Waals surface area contributed by atoms with Crippen LogP contribution in [0.4, 0.5) is 0 Å². The molecule has 104 valence electrons. The summed E-state index contributed by atoms with van der Waals surface area (Å²) in [6.07, 6.45) is 7.44. The van der Waals surface area contributed by atoms with Gasteiger partial charge in [-0.05, 0) is 45.8 Å². The maximum absolute atomic E-state index is 3.59. The summed E-state index contributed by atoms with van der Waals surface area (Å²) in [7, 11) is 0. The molecule has 0 fully saturated rings. The molecule has 0 heterocycles. The molecule has 0 bridgehead atoms.